The highest BCUT2D eigenvalue weighted by Crippen LogP contribution is 2.19. The van der Waals surface area contributed by atoms with Crippen LogP contribution in [0.5, 0.6) is 0 Å². The summed E-state index contributed by atoms with van der Waals surface area (Å²) in [5.74, 6) is 1.65. The van der Waals surface area contributed by atoms with Crippen LogP contribution in [0.15, 0.2) is 24.8 Å². The first-order chi connectivity index (χ1) is 9.92. The molecule has 3 aromatic rings. The van der Waals surface area contributed by atoms with Crippen molar-refractivity contribution in [1.29, 1.82) is 0 Å². The minimum Gasteiger partial charge on any atom is -0.341 e. The molecule has 7 nitrogen and oxygen atoms in total. The number of nitrogens with zero attached hydrogens (tertiary/aromatic N) is 6. The summed E-state index contributed by atoms with van der Waals surface area (Å²) < 4.78 is 1.90. The third-order valence-corrected chi connectivity index (χ3v) is 3.66. The monoisotopic (exact) mass is 269 g/mol. The molecule has 0 aromatic carbocycles. The van der Waals surface area contributed by atoms with Crippen molar-refractivity contribution in [2.45, 2.75) is 19.3 Å². The number of aromatic nitrogens is 6. The molecule has 0 spiro atoms. The number of H-pyrrole nitrogens is 1. The third kappa shape index (κ3) is 1.82. The highest BCUT2D eigenvalue weighted by Gasteiger charge is 2.15. The van der Waals surface area contributed by atoms with Gasteiger partial charge in [0.2, 0.25) is 5.95 Å². The highest BCUT2D eigenvalue weighted by atomic mass is 15.3. The Morgan fingerprint density at radius 2 is 2.00 bits per heavy atom. The number of anilines is 1. The number of nitrogens with one attached hydrogen (secondary N) is 1. The quantitative estimate of drug-likeness (QED) is 0.763. The van der Waals surface area contributed by atoms with Gasteiger partial charge in [-0.05, 0) is 19.3 Å². The maximum Gasteiger partial charge on any atom is 0.227 e. The van der Waals surface area contributed by atoms with E-state index in [4.69, 9.17) is 0 Å². The molecule has 1 fully saturated rings. The number of rotatable bonds is 2. The van der Waals surface area contributed by atoms with Crippen molar-refractivity contribution in [3.63, 3.8) is 0 Å². The molecule has 0 atom stereocenters. The van der Waals surface area contributed by atoms with Crippen LogP contribution < -0.4 is 4.90 Å². The number of aromatic amines is 1. The molecule has 0 amide bonds. The molecule has 0 radical (unpaired) electrons. The summed E-state index contributed by atoms with van der Waals surface area (Å²) in [4.78, 5) is 15.7. The van der Waals surface area contributed by atoms with Gasteiger partial charge < -0.3 is 4.90 Å². The lowest BCUT2D eigenvalue weighted by atomic mass is 10.1. The normalized spacial score (nSPS) is 15.9. The minimum absolute atomic E-state index is 0.790. The zero-order valence-electron chi connectivity index (χ0n) is 11.0. The van der Waals surface area contributed by atoms with E-state index in [0.717, 1.165) is 36.0 Å². The second-order valence-electron chi connectivity index (χ2n) is 4.98. The smallest absolute Gasteiger partial charge is 0.227 e. The third-order valence-electron chi connectivity index (χ3n) is 3.66. The Morgan fingerprint density at radius 3 is 2.80 bits per heavy atom. The van der Waals surface area contributed by atoms with Gasteiger partial charge in [0.05, 0.1) is 12.4 Å². The van der Waals surface area contributed by atoms with Gasteiger partial charge in [-0.3, -0.25) is 9.67 Å². The molecular formula is C13H15N7. The molecule has 1 aliphatic heterocycles. The van der Waals surface area contributed by atoms with E-state index in [1.807, 2.05) is 10.6 Å². The Labute approximate surface area is 115 Å². The highest BCUT2D eigenvalue weighted by molar-refractivity contribution is 5.72. The Morgan fingerprint density at radius 1 is 1.10 bits per heavy atom. The lowest BCUT2D eigenvalue weighted by molar-refractivity contribution is 0.569. The average molecular weight is 269 g/mol. The van der Waals surface area contributed by atoms with E-state index in [-0.39, 0.29) is 0 Å². The largest absolute Gasteiger partial charge is 0.341 e. The summed E-state index contributed by atoms with van der Waals surface area (Å²) in [5, 5.41) is 6.90. The van der Waals surface area contributed by atoms with Crippen molar-refractivity contribution in [2.24, 2.45) is 0 Å². The summed E-state index contributed by atoms with van der Waals surface area (Å²) >= 11 is 0. The van der Waals surface area contributed by atoms with Crippen LogP contribution in [0.3, 0.4) is 0 Å². The van der Waals surface area contributed by atoms with Crippen molar-refractivity contribution >= 4 is 17.1 Å². The van der Waals surface area contributed by atoms with E-state index in [0.29, 0.717) is 0 Å². The topological polar surface area (TPSA) is 75.5 Å². The van der Waals surface area contributed by atoms with Crippen LogP contribution in [0.25, 0.3) is 17.0 Å². The molecule has 4 rings (SSSR count). The molecule has 1 saturated heterocycles. The second-order valence-corrected chi connectivity index (χ2v) is 4.98. The minimum atomic E-state index is 0.790. The van der Waals surface area contributed by atoms with E-state index < -0.39 is 0 Å². The van der Waals surface area contributed by atoms with Crippen LogP contribution in [0.4, 0.5) is 5.95 Å². The Kier molecular flexibility index (Phi) is 2.61. The molecule has 102 valence electrons. The molecule has 7 heteroatoms. The molecule has 4 heterocycles. The Hall–Kier alpha value is -2.44. The summed E-state index contributed by atoms with van der Waals surface area (Å²) in [6.45, 7) is 2.06. The van der Waals surface area contributed by atoms with Crippen molar-refractivity contribution in [3.05, 3.63) is 24.8 Å². The number of hydrogen-bond acceptors (Lipinski definition) is 5. The zero-order chi connectivity index (χ0) is 13.4. The first kappa shape index (κ1) is 11.4. The predicted molar refractivity (Wildman–Crippen MR) is 74.9 cm³/mol. The van der Waals surface area contributed by atoms with Crippen LogP contribution >= 0.6 is 0 Å². The number of hydrogen-bond donors (Lipinski definition) is 1. The summed E-state index contributed by atoms with van der Waals surface area (Å²) in [7, 11) is 0. The molecule has 0 saturated carbocycles. The molecule has 0 aliphatic carbocycles. The van der Waals surface area contributed by atoms with Crippen molar-refractivity contribution in [2.75, 3.05) is 18.0 Å². The first-order valence-corrected chi connectivity index (χ1v) is 6.86. The van der Waals surface area contributed by atoms with Crippen LogP contribution in [0, 0.1) is 0 Å². The molecule has 0 bridgehead atoms. The van der Waals surface area contributed by atoms with Crippen LogP contribution in [-0.4, -0.2) is 42.8 Å². The molecule has 20 heavy (non-hydrogen) atoms. The fraction of sp³-hybridized carbons (Fsp3) is 0.385. The van der Waals surface area contributed by atoms with Gasteiger partial charge in [-0.1, -0.05) is 0 Å². The average Bonchev–Trinajstić information content (AvgIpc) is 3.16. The van der Waals surface area contributed by atoms with Crippen molar-refractivity contribution in [1.82, 2.24) is 29.7 Å². The van der Waals surface area contributed by atoms with Gasteiger partial charge >= 0.3 is 0 Å². The van der Waals surface area contributed by atoms with E-state index in [1.54, 1.807) is 18.7 Å². The maximum absolute atomic E-state index is 4.68. The van der Waals surface area contributed by atoms with Gasteiger partial charge in [0, 0.05) is 19.2 Å². The Bertz CT molecular complexity index is 709. The number of fused-ring (bicyclic) bond motifs is 1. The van der Waals surface area contributed by atoms with E-state index in [2.05, 4.69) is 30.0 Å². The zero-order valence-corrected chi connectivity index (χ0v) is 11.0. The lowest BCUT2D eigenvalue weighted by Crippen LogP contribution is -2.31. The van der Waals surface area contributed by atoms with E-state index in [1.165, 1.54) is 19.3 Å². The molecule has 3 aromatic heterocycles. The number of piperidine rings is 1. The van der Waals surface area contributed by atoms with Gasteiger partial charge in [0.15, 0.2) is 5.65 Å². The summed E-state index contributed by atoms with van der Waals surface area (Å²) in [6.07, 6.45) is 8.97. The Balaban J connectivity index is 1.79. The summed E-state index contributed by atoms with van der Waals surface area (Å²) in [5.41, 5.74) is 1.60. The van der Waals surface area contributed by atoms with Gasteiger partial charge in [0.25, 0.3) is 0 Å². The molecule has 1 aliphatic rings. The van der Waals surface area contributed by atoms with Crippen LogP contribution in [-0.2, 0) is 0 Å². The van der Waals surface area contributed by atoms with Gasteiger partial charge in [-0.25, -0.2) is 9.97 Å². The standard InChI is InChI=1S/C13H15N7/c1-2-6-19(7-3-1)13-14-8-10-12(17-13)20(9-15-10)11-4-5-16-18-11/h4-5,8-9H,1-3,6-7H2,(H,16,18). The van der Waals surface area contributed by atoms with Crippen molar-refractivity contribution < 1.29 is 0 Å². The van der Waals surface area contributed by atoms with Crippen LogP contribution in [0.2, 0.25) is 0 Å². The fourth-order valence-corrected chi connectivity index (χ4v) is 2.61. The first-order valence-electron chi connectivity index (χ1n) is 6.86. The van der Waals surface area contributed by atoms with E-state index >= 15 is 0 Å². The molecule has 1 N–H and O–H groups in total. The number of imidazole rings is 1. The lowest BCUT2D eigenvalue weighted by Gasteiger charge is -2.26. The SMILES string of the molecule is c1cc(-n2cnc3cnc(N4CCCCC4)nc32)[nH]n1. The van der Waals surface area contributed by atoms with E-state index in [9.17, 15) is 0 Å². The molecule has 0 unspecified atom stereocenters. The van der Waals surface area contributed by atoms with Crippen LogP contribution in [0.1, 0.15) is 19.3 Å². The predicted octanol–water partition coefficient (Wildman–Crippen LogP) is 1.53. The van der Waals surface area contributed by atoms with Gasteiger partial charge in [-0.15, -0.1) is 0 Å². The fourth-order valence-electron chi connectivity index (χ4n) is 2.61. The van der Waals surface area contributed by atoms with Gasteiger partial charge in [-0.2, -0.15) is 10.1 Å². The van der Waals surface area contributed by atoms with Crippen molar-refractivity contribution in [3.8, 4) is 5.82 Å². The maximum atomic E-state index is 4.68. The summed E-state index contributed by atoms with van der Waals surface area (Å²) in [6, 6.07) is 1.89. The molecular weight excluding hydrogens is 254 g/mol. The second kappa shape index (κ2) is 4.59. The van der Waals surface area contributed by atoms with Gasteiger partial charge in [0.1, 0.15) is 17.7 Å².